The number of ether oxygens (including phenoxy) is 1. The van der Waals surface area contributed by atoms with E-state index in [1.54, 1.807) is 0 Å². The monoisotopic (exact) mass is 354 g/mol. The largest absolute Gasteiger partial charge is 0.328 e. The summed E-state index contributed by atoms with van der Waals surface area (Å²) in [6, 6.07) is 0. The number of hydrogen-bond donors (Lipinski definition) is 0. The van der Waals surface area contributed by atoms with Crippen molar-refractivity contribution in [1.29, 1.82) is 0 Å². The zero-order valence-corrected chi connectivity index (χ0v) is 18.4. The summed E-state index contributed by atoms with van der Waals surface area (Å²) in [4.78, 5) is 0. The lowest BCUT2D eigenvalue weighted by molar-refractivity contribution is -0.911. The Kier molecular flexibility index (Phi) is 11.3. The van der Waals surface area contributed by atoms with Gasteiger partial charge >= 0.3 is 0 Å². The Labute approximate surface area is 159 Å². The molecule has 150 valence electrons. The SMILES string of the molecule is CCCCCCCCCC[N+](C)(C)COC1C[C@H](C)CCC1C(C)C. The molecule has 1 aliphatic carbocycles. The highest BCUT2D eigenvalue weighted by atomic mass is 16.5. The van der Waals surface area contributed by atoms with Crippen molar-refractivity contribution in [3.05, 3.63) is 0 Å². The lowest BCUT2D eigenvalue weighted by Gasteiger charge is -2.39. The Morgan fingerprint density at radius 1 is 0.920 bits per heavy atom. The highest BCUT2D eigenvalue weighted by Gasteiger charge is 2.32. The Bertz CT molecular complexity index is 326. The van der Waals surface area contributed by atoms with Gasteiger partial charge in [-0.1, -0.05) is 72.6 Å². The van der Waals surface area contributed by atoms with Crippen LogP contribution in [0.15, 0.2) is 0 Å². The zero-order valence-electron chi connectivity index (χ0n) is 18.4. The van der Waals surface area contributed by atoms with Gasteiger partial charge in [0.15, 0.2) is 6.73 Å². The molecule has 0 aromatic carbocycles. The van der Waals surface area contributed by atoms with Gasteiger partial charge in [-0.25, -0.2) is 0 Å². The highest BCUT2D eigenvalue weighted by Crippen LogP contribution is 2.35. The van der Waals surface area contributed by atoms with E-state index in [1.165, 1.54) is 77.2 Å². The summed E-state index contributed by atoms with van der Waals surface area (Å²) in [6.07, 6.45) is 15.7. The molecule has 2 nitrogen and oxygen atoms in total. The summed E-state index contributed by atoms with van der Waals surface area (Å²) in [5.74, 6) is 2.35. The van der Waals surface area contributed by atoms with E-state index in [0.29, 0.717) is 6.10 Å². The molecule has 0 aliphatic heterocycles. The molecule has 2 heteroatoms. The molecule has 0 N–H and O–H groups in total. The van der Waals surface area contributed by atoms with Crippen LogP contribution in [-0.4, -0.2) is 38.0 Å². The third-order valence-electron chi connectivity index (χ3n) is 6.22. The fraction of sp³-hybridized carbons (Fsp3) is 1.00. The lowest BCUT2D eigenvalue weighted by atomic mass is 9.75. The predicted octanol–water partition coefficient (Wildman–Crippen LogP) is 6.64. The van der Waals surface area contributed by atoms with Crippen molar-refractivity contribution in [1.82, 2.24) is 0 Å². The van der Waals surface area contributed by atoms with Gasteiger partial charge in [0.2, 0.25) is 0 Å². The maximum atomic E-state index is 6.49. The zero-order chi connectivity index (χ0) is 18.7. The van der Waals surface area contributed by atoms with Crippen molar-refractivity contribution in [2.75, 3.05) is 27.4 Å². The number of unbranched alkanes of at least 4 members (excludes halogenated alkanes) is 7. The summed E-state index contributed by atoms with van der Waals surface area (Å²) < 4.78 is 7.51. The second-order valence-corrected chi connectivity index (χ2v) is 9.79. The molecule has 1 fully saturated rings. The Hall–Kier alpha value is -0.0800. The van der Waals surface area contributed by atoms with Crippen molar-refractivity contribution in [2.24, 2.45) is 17.8 Å². The van der Waals surface area contributed by atoms with Crippen LogP contribution in [0.1, 0.15) is 98.3 Å². The van der Waals surface area contributed by atoms with Crippen LogP contribution in [0.5, 0.6) is 0 Å². The molecule has 0 amide bonds. The van der Waals surface area contributed by atoms with E-state index in [1.807, 2.05) is 0 Å². The van der Waals surface area contributed by atoms with Gasteiger partial charge in [0.1, 0.15) is 0 Å². The second kappa shape index (κ2) is 12.3. The van der Waals surface area contributed by atoms with Crippen molar-refractivity contribution in [3.63, 3.8) is 0 Å². The summed E-state index contributed by atoms with van der Waals surface area (Å²) in [7, 11) is 4.69. The molecule has 25 heavy (non-hydrogen) atoms. The van der Waals surface area contributed by atoms with E-state index >= 15 is 0 Å². The number of hydrogen-bond acceptors (Lipinski definition) is 1. The van der Waals surface area contributed by atoms with Gasteiger partial charge < -0.3 is 9.22 Å². The van der Waals surface area contributed by atoms with Crippen LogP contribution in [0.3, 0.4) is 0 Å². The minimum Gasteiger partial charge on any atom is -0.328 e. The van der Waals surface area contributed by atoms with Gasteiger partial charge in [-0.05, 0) is 43.4 Å². The number of quaternary nitrogens is 1. The average Bonchev–Trinajstić information content (AvgIpc) is 2.55. The first-order valence-electron chi connectivity index (χ1n) is 11.3. The van der Waals surface area contributed by atoms with Crippen molar-refractivity contribution < 1.29 is 9.22 Å². The fourth-order valence-corrected chi connectivity index (χ4v) is 4.34. The molecule has 1 aliphatic rings. The molecule has 0 bridgehead atoms. The van der Waals surface area contributed by atoms with Crippen molar-refractivity contribution in [3.8, 4) is 0 Å². The van der Waals surface area contributed by atoms with Crippen LogP contribution in [-0.2, 0) is 4.74 Å². The topological polar surface area (TPSA) is 9.23 Å². The Morgan fingerprint density at radius 3 is 2.12 bits per heavy atom. The predicted molar refractivity (Wildman–Crippen MR) is 111 cm³/mol. The molecule has 2 unspecified atom stereocenters. The van der Waals surface area contributed by atoms with E-state index in [2.05, 4.69) is 41.8 Å². The standard InChI is InChI=1S/C23H48NO/c1-7-8-9-10-11-12-13-14-17-24(5,6)19-25-23-18-21(4)15-16-22(23)20(2)3/h20-23H,7-19H2,1-6H3/q+1/t21-,22?,23?/m1/s1. The maximum absolute atomic E-state index is 6.49. The van der Waals surface area contributed by atoms with Gasteiger partial charge in [0.25, 0.3) is 0 Å². The smallest absolute Gasteiger partial charge is 0.183 e. The van der Waals surface area contributed by atoms with Gasteiger partial charge in [-0.3, -0.25) is 0 Å². The number of nitrogens with zero attached hydrogens (tertiary/aromatic N) is 1. The molecule has 0 radical (unpaired) electrons. The maximum Gasteiger partial charge on any atom is 0.183 e. The molecular formula is C23H48NO+. The third-order valence-corrected chi connectivity index (χ3v) is 6.22. The Morgan fingerprint density at radius 2 is 1.52 bits per heavy atom. The minimum atomic E-state index is 0.486. The molecule has 0 spiro atoms. The van der Waals surface area contributed by atoms with Crippen LogP contribution in [0.2, 0.25) is 0 Å². The quantitative estimate of drug-likeness (QED) is 0.205. The summed E-state index contributed by atoms with van der Waals surface area (Å²) in [6.45, 7) is 11.6. The summed E-state index contributed by atoms with van der Waals surface area (Å²) in [5.41, 5.74) is 0. The first-order valence-corrected chi connectivity index (χ1v) is 11.3. The second-order valence-electron chi connectivity index (χ2n) is 9.79. The molecule has 0 heterocycles. The fourth-order valence-electron chi connectivity index (χ4n) is 4.34. The normalized spacial score (nSPS) is 24.8. The van der Waals surface area contributed by atoms with Crippen LogP contribution in [0, 0.1) is 17.8 Å². The third kappa shape index (κ3) is 9.99. The van der Waals surface area contributed by atoms with Crippen molar-refractivity contribution >= 4 is 0 Å². The van der Waals surface area contributed by atoms with Gasteiger partial charge in [-0.15, -0.1) is 0 Å². The van der Waals surface area contributed by atoms with E-state index in [9.17, 15) is 0 Å². The first kappa shape index (κ1) is 23.0. The molecule has 0 saturated heterocycles. The van der Waals surface area contributed by atoms with E-state index in [0.717, 1.165) is 29.0 Å². The van der Waals surface area contributed by atoms with Crippen LogP contribution in [0.25, 0.3) is 0 Å². The molecule has 3 atom stereocenters. The molecular weight excluding hydrogens is 306 g/mol. The lowest BCUT2D eigenvalue weighted by Crippen LogP contribution is -2.45. The summed E-state index contributed by atoms with van der Waals surface area (Å²) in [5, 5.41) is 0. The summed E-state index contributed by atoms with van der Waals surface area (Å²) >= 11 is 0. The molecule has 1 saturated carbocycles. The van der Waals surface area contributed by atoms with E-state index in [-0.39, 0.29) is 0 Å². The minimum absolute atomic E-state index is 0.486. The first-order chi connectivity index (χ1) is 11.9. The van der Waals surface area contributed by atoms with Gasteiger partial charge in [-0.2, -0.15) is 0 Å². The highest BCUT2D eigenvalue weighted by molar-refractivity contribution is 4.81. The molecule has 0 aromatic rings. The van der Waals surface area contributed by atoms with Gasteiger partial charge in [0, 0.05) is 0 Å². The van der Waals surface area contributed by atoms with Crippen molar-refractivity contribution in [2.45, 2.75) is 104 Å². The number of rotatable bonds is 13. The van der Waals surface area contributed by atoms with E-state index in [4.69, 9.17) is 4.74 Å². The van der Waals surface area contributed by atoms with Gasteiger partial charge in [0.05, 0.1) is 26.7 Å². The molecule has 0 aromatic heterocycles. The van der Waals surface area contributed by atoms with Crippen LogP contribution >= 0.6 is 0 Å². The Balaban J connectivity index is 2.20. The van der Waals surface area contributed by atoms with E-state index < -0.39 is 0 Å². The van der Waals surface area contributed by atoms with Crippen LogP contribution in [0.4, 0.5) is 0 Å². The average molecular weight is 355 g/mol. The van der Waals surface area contributed by atoms with Crippen LogP contribution < -0.4 is 0 Å². The molecule has 1 rings (SSSR count).